The first-order valence-corrected chi connectivity index (χ1v) is 11.1. The summed E-state index contributed by atoms with van der Waals surface area (Å²) in [6.07, 6.45) is 7.21. The molecule has 1 aliphatic carbocycles. The van der Waals surface area contributed by atoms with E-state index in [0.717, 1.165) is 58.0 Å². The Kier molecular flexibility index (Phi) is 7.26. The van der Waals surface area contributed by atoms with Gasteiger partial charge in [0.15, 0.2) is 5.79 Å². The summed E-state index contributed by atoms with van der Waals surface area (Å²) in [6, 6.07) is 4.26. The molecule has 1 N–H and O–H groups in total. The molecule has 1 aromatic rings. The first-order chi connectivity index (χ1) is 14.6. The van der Waals surface area contributed by atoms with Gasteiger partial charge in [0.2, 0.25) is 0 Å². The van der Waals surface area contributed by atoms with E-state index in [1.165, 1.54) is 19.2 Å². The van der Waals surface area contributed by atoms with Crippen LogP contribution in [-0.2, 0) is 18.9 Å². The molecule has 0 amide bonds. The second-order valence-electron chi connectivity index (χ2n) is 8.57. The van der Waals surface area contributed by atoms with E-state index in [1.807, 2.05) is 0 Å². The van der Waals surface area contributed by atoms with Crippen LogP contribution in [0.2, 0.25) is 0 Å². The van der Waals surface area contributed by atoms with Gasteiger partial charge in [-0.1, -0.05) is 0 Å². The molecule has 0 radical (unpaired) electrons. The summed E-state index contributed by atoms with van der Waals surface area (Å²) in [7, 11) is 1.53. The molecule has 1 spiro atoms. The fraction of sp³-hybridized carbons (Fsp3) is 0.739. The molecule has 3 atom stereocenters. The first-order valence-electron chi connectivity index (χ1n) is 11.1. The molecular weight excluding hydrogens is 391 g/mol. The van der Waals surface area contributed by atoms with Crippen LogP contribution in [0.4, 0.5) is 4.39 Å². The molecule has 7 heteroatoms. The Bertz CT molecular complexity index is 684. The summed E-state index contributed by atoms with van der Waals surface area (Å²) in [4.78, 5) is 0. The standard InChI is InChI=1S/C23H33FO6/c1-26-21-7-4-16(24)13-20(21)22(14-25)29-18-8-10-23(11-9-18)28-15-19(30-23)6-5-17-3-2-12-27-17/h4,7,13,17-19,22,25H,2-3,5-6,8-12,14-15H2,1H3. The van der Waals surface area contributed by atoms with Gasteiger partial charge >= 0.3 is 0 Å². The van der Waals surface area contributed by atoms with E-state index in [4.69, 9.17) is 23.7 Å². The van der Waals surface area contributed by atoms with Crippen LogP contribution in [-0.4, -0.2) is 56.1 Å². The molecule has 2 aliphatic heterocycles. The van der Waals surface area contributed by atoms with Crippen molar-refractivity contribution < 1.29 is 33.2 Å². The van der Waals surface area contributed by atoms with Crippen LogP contribution < -0.4 is 4.74 Å². The number of hydrogen-bond donors (Lipinski definition) is 1. The molecule has 1 saturated carbocycles. The van der Waals surface area contributed by atoms with Crippen molar-refractivity contribution in [2.45, 2.75) is 81.6 Å². The molecule has 2 heterocycles. The third kappa shape index (κ3) is 5.14. The second-order valence-corrected chi connectivity index (χ2v) is 8.57. The Morgan fingerprint density at radius 2 is 2.00 bits per heavy atom. The monoisotopic (exact) mass is 424 g/mol. The van der Waals surface area contributed by atoms with Gasteiger partial charge in [-0.3, -0.25) is 0 Å². The molecular formula is C23H33FO6. The molecule has 0 bridgehead atoms. The highest BCUT2D eigenvalue weighted by molar-refractivity contribution is 5.36. The zero-order valence-electron chi connectivity index (χ0n) is 17.7. The molecule has 3 aliphatic rings. The number of methoxy groups -OCH3 is 1. The molecule has 3 fully saturated rings. The lowest BCUT2D eigenvalue weighted by Crippen LogP contribution is -2.38. The topological polar surface area (TPSA) is 66.4 Å². The average molecular weight is 425 g/mol. The SMILES string of the molecule is COc1ccc(F)cc1C(CO)OC1CCC2(CC1)OCC(CCC1CCCO1)O2. The van der Waals surface area contributed by atoms with Gasteiger partial charge in [0.05, 0.1) is 38.6 Å². The van der Waals surface area contributed by atoms with Gasteiger partial charge in [0.25, 0.3) is 0 Å². The predicted molar refractivity (Wildman–Crippen MR) is 108 cm³/mol. The summed E-state index contributed by atoms with van der Waals surface area (Å²) >= 11 is 0. The van der Waals surface area contributed by atoms with Gasteiger partial charge in [-0.15, -0.1) is 0 Å². The Morgan fingerprint density at radius 3 is 2.70 bits per heavy atom. The molecule has 1 aromatic carbocycles. The third-order valence-corrected chi connectivity index (χ3v) is 6.50. The van der Waals surface area contributed by atoms with Gasteiger partial charge < -0.3 is 28.8 Å². The fourth-order valence-electron chi connectivity index (χ4n) is 4.84. The highest BCUT2D eigenvalue weighted by Gasteiger charge is 2.44. The van der Waals surface area contributed by atoms with Crippen LogP contribution in [0.25, 0.3) is 0 Å². The number of halogens is 1. The minimum atomic E-state index is -0.626. The zero-order valence-corrected chi connectivity index (χ0v) is 17.7. The maximum absolute atomic E-state index is 13.7. The highest BCUT2D eigenvalue weighted by Crippen LogP contribution is 2.41. The molecule has 0 aromatic heterocycles. The maximum atomic E-state index is 13.7. The van der Waals surface area contributed by atoms with Gasteiger partial charge in [0, 0.05) is 25.0 Å². The molecule has 2 saturated heterocycles. The molecule has 30 heavy (non-hydrogen) atoms. The Morgan fingerprint density at radius 1 is 1.20 bits per heavy atom. The van der Waals surface area contributed by atoms with E-state index in [1.54, 1.807) is 6.07 Å². The van der Waals surface area contributed by atoms with Crippen molar-refractivity contribution in [3.63, 3.8) is 0 Å². The largest absolute Gasteiger partial charge is 0.496 e. The quantitative estimate of drug-likeness (QED) is 0.683. The Balaban J connectivity index is 1.27. The normalized spacial score (nSPS) is 32.6. The van der Waals surface area contributed by atoms with E-state index >= 15 is 0 Å². The number of aliphatic hydroxyl groups excluding tert-OH is 1. The third-order valence-electron chi connectivity index (χ3n) is 6.50. The fourth-order valence-corrected chi connectivity index (χ4v) is 4.84. The Hall–Kier alpha value is -1.25. The number of benzene rings is 1. The number of rotatable bonds is 8. The number of hydrogen-bond acceptors (Lipinski definition) is 6. The minimum absolute atomic E-state index is 0.0427. The van der Waals surface area contributed by atoms with E-state index in [0.29, 0.717) is 24.0 Å². The van der Waals surface area contributed by atoms with Gasteiger partial charge in [-0.2, -0.15) is 0 Å². The van der Waals surface area contributed by atoms with Gasteiger partial charge in [-0.05, 0) is 56.7 Å². The minimum Gasteiger partial charge on any atom is -0.496 e. The Labute approximate surface area is 177 Å². The molecule has 6 nitrogen and oxygen atoms in total. The molecule has 168 valence electrons. The van der Waals surface area contributed by atoms with Crippen molar-refractivity contribution in [2.24, 2.45) is 0 Å². The van der Waals surface area contributed by atoms with Crippen LogP contribution in [0.1, 0.15) is 63.0 Å². The summed E-state index contributed by atoms with van der Waals surface area (Å²) in [6.45, 7) is 1.28. The van der Waals surface area contributed by atoms with Crippen molar-refractivity contribution in [2.75, 3.05) is 26.9 Å². The molecule has 4 rings (SSSR count). The number of aliphatic hydroxyl groups is 1. The van der Waals surface area contributed by atoms with E-state index in [9.17, 15) is 9.50 Å². The first kappa shape index (κ1) is 22.0. The van der Waals surface area contributed by atoms with Crippen LogP contribution in [0, 0.1) is 5.82 Å². The van der Waals surface area contributed by atoms with Crippen LogP contribution in [0.15, 0.2) is 18.2 Å². The lowest BCUT2D eigenvalue weighted by Gasteiger charge is -2.37. The summed E-state index contributed by atoms with van der Waals surface area (Å²) in [5.74, 6) is -0.372. The van der Waals surface area contributed by atoms with Crippen molar-refractivity contribution in [3.8, 4) is 5.75 Å². The predicted octanol–water partition coefficient (Wildman–Crippen LogP) is 3.90. The van der Waals surface area contributed by atoms with E-state index < -0.39 is 11.9 Å². The highest BCUT2D eigenvalue weighted by atomic mass is 19.1. The van der Waals surface area contributed by atoms with E-state index in [2.05, 4.69) is 0 Å². The molecule has 3 unspecified atom stereocenters. The summed E-state index contributed by atoms with van der Waals surface area (Å²) < 4.78 is 43.3. The van der Waals surface area contributed by atoms with Crippen molar-refractivity contribution in [1.29, 1.82) is 0 Å². The lowest BCUT2D eigenvalue weighted by molar-refractivity contribution is -0.206. The van der Waals surface area contributed by atoms with Crippen LogP contribution >= 0.6 is 0 Å². The number of ether oxygens (including phenoxy) is 5. The maximum Gasteiger partial charge on any atom is 0.169 e. The second kappa shape index (κ2) is 9.92. The van der Waals surface area contributed by atoms with Crippen LogP contribution in [0.5, 0.6) is 5.75 Å². The summed E-state index contributed by atoms with van der Waals surface area (Å²) in [5, 5.41) is 9.85. The van der Waals surface area contributed by atoms with Crippen molar-refractivity contribution in [1.82, 2.24) is 0 Å². The smallest absolute Gasteiger partial charge is 0.169 e. The summed E-state index contributed by atoms with van der Waals surface area (Å²) in [5.41, 5.74) is 0.530. The van der Waals surface area contributed by atoms with Crippen molar-refractivity contribution in [3.05, 3.63) is 29.6 Å². The average Bonchev–Trinajstić information content (AvgIpc) is 3.42. The van der Waals surface area contributed by atoms with Gasteiger partial charge in [0.1, 0.15) is 17.7 Å². The van der Waals surface area contributed by atoms with Gasteiger partial charge in [-0.25, -0.2) is 4.39 Å². The lowest BCUT2D eigenvalue weighted by atomic mass is 9.91. The zero-order chi connectivity index (χ0) is 21.0. The van der Waals surface area contributed by atoms with Crippen molar-refractivity contribution >= 4 is 0 Å². The van der Waals surface area contributed by atoms with Crippen LogP contribution in [0.3, 0.4) is 0 Å². The van der Waals surface area contributed by atoms with E-state index in [-0.39, 0.29) is 24.6 Å².